The Hall–Kier alpha value is -2.64. The Bertz CT molecular complexity index is 881. The fourth-order valence-corrected chi connectivity index (χ4v) is 4.56. The molecule has 0 radical (unpaired) electrons. The van der Waals surface area contributed by atoms with E-state index in [2.05, 4.69) is 10.6 Å². The Kier molecular flexibility index (Phi) is 4.98. The van der Waals surface area contributed by atoms with E-state index in [4.69, 9.17) is 4.74 Å². The highest BCUT2D eigenvalue weighted by Gasteiger charge is 2.57. The summed E-state index contributed by atoms with van der Waals surface area (Å²) in [5.41, 5.74) is -0.196. The molecule has 7 nitrogen and oxygen atoms in total. The maximum atomic E-state index is 14.9. The molecule has 8 heteroatoms. The molecule has 3 aliphatic heterocycles. The summed E-state index contributed by atoms with van der Waals surface area (Å²) in [5.74, 6) is -0.999. The third-order valence-electron chi connectivity index (χ3n) is 6.20. The molecule has 1 aromatic carbocycles. The molecule has 0 atom stereocenters. The Labute approximate surface area is 175 Å². The highest BCUT2D eigenvalue weighted by molar-refractivity contribution is 6.08. The molecule has 30 heavy (non-hydrogen) atoms. The van der Waals surface area contributed by atoms with Crippen molar-refractivity contribution >= 4 is 23.6 Å². The molecule has 1 aromatic rings. The monoisotopic (exact) mass is 417 g/mol. The van der Waals surface area contributed by atoms with E-state index < -0.39 is 11.1 Å². The minimum Gasteiger partial charge on any atom is -0.444 e. The summed E-state index contributed by atoms with van der Waals surface area (Å²) < 4.78 is 20.3. The van der Waals surface area contributed by atoms with Crippen LogP contribution >= 0.6 is 0 Å². The van der Waals surface area contributed by atoms with Crippen LogP contribution in [0.5, 0.6) is 0 Å². The van der Waals surface area contributed by atoms with Gasteiger partial charge in [0.15, 0.2) is 0 Å². The number of halogens is 1. The highest BCUT2D eigenvalue weighted by Crippen LogP contribution is 2.44. The molecule has 0 aromatic heterocycles. The molecule has 2 N–H and O–H groups in total. The van der Waals surface area contributed by atoms with Crippen molar-refractivity contribution in [3.63, 3.8) is 0 Å². The molecule has 2 bridgehead atoms. The zero-order valence-corrected chi connectivity index (χ0v) is 17.6. The fourth-order valence-electron chi connectivity index (χ4n) is 4.56. The quantitative estimate of drug-likeness (QED) is 0.738. The van der Waals surface area contributed by atoms with Crippen LogP contribution in [0.25, 0.3) is 0 Å². The van der Waals surface area contributed by atoms with E-state index in [0.717, 1.165) is 0 Å². The van der Waals surface area contributed by atoms with Crippen molar-refractivity contribution in [1.82, 2.24) is 10.2 Å². The Morgan fingerprint density at radius 1 is 1.20 bits per heavy atom. The summed E-state index contributed by atoms with van der Waals surface area (Å²) in [4.78, 5) is 37.7. The summed E-state index contributed by atoms with van der Waals surface area (Å²) >= 11 is 0. The lowest BCUT2D eigenvalue weighted by molar-refractivity contribution is -0.149. The molecule has 3 amide bonds. The first-order valence-electron chi connectivity index (χ1n) is 10.5. The molecule has 0 spiro atoms. The van der Waals surface area contributed by atoms with E-state index in [1.807, 2.05) is 20.8 Å². The van der Waals surface area contributed by atoms with Crippen molar-refractivity contribution in [2.75, 3.05) is 18.4 Å². The first kappa shape index (κ1) is 20.6. The molecule has 1 saturated carbocycles. The predicted molar refractivity (Wildman–Crippen MR) is 108 cm³/mol. The maximum absolute atomic E-state index is 14.9. The largest absolute Gasteiger partial charge is 0.444 e. The first-order valence-corrected chi connectivity index (χ1v) is 10.5. The van der Waals surface area contributed by atoms with Gasteiger partial charge in [0.1, 0.15) is 17.0 Å². The molecule has 5 rings (SSSR count). The van der Waals surface area contributed by atoms with E-state index in [0.29, 0.717) is 50.0 Å². The van der Waals surface area contributed by atoms with Crippen LogP contribution in [-0.2, 0) is 14.3 Å². The van der Waals surface area contributed by atoms with Gasteiger partial charge in [-0.15, -0.1) is 0 Å². The molecule has 1 aliphatic carbocycles. The fraction of sp³-hybridized carbons (Fsp3) is 0.591. The molecule has 162 valence electrons. The number of hydrogen-bond donors (Lipinski definition) is 2. The zero-order valence-electron chi connectivity index (χ0n) is 17.6. The van der Waals surface area contributed by atoms with Gasteiger partial charge in [0.25, 0.3) is 5.91 Å². The molecule has 3 saturated heterocycles. The Morgan fingerprint density at radius 3 is 2.43 bits per heavy atom. The minimum absolute atomic E-state index is 0.0274. The van der Waals surface area contributed by atoms with Crippen molar-refractivity contribution in [1.29, 1.82) is 0 Å². The number of benzene rings is 1. The number of fused-ring (bicyclic) bond motifs is 2. The van der Waals surface area contributed by atoms with Crippen molar-refractivity contribution < 1.29 is 23.5 Å². The molecule has 4 fully saturated rings. The minimum atomic E-state index is -0.814. The van der Waals surface area contributed by atoms with E-state index in [-0.39, 0.29) is 35.6 Å². The van der Waals surface area contributed by atoms with Gasteiger partial charge >= 0.3 is 6.09 Å². The first-order chi connectivity index (χ1) is 14.1. The number of rotatable bonds is 3. The Balaban J connectivity index is 1.37. The predicted octanol–water partition coefficient (Wildman–Crippen LogP) is 3.16. The number of hydrogen-bond acceptors (Lipinski definition) is 5. The van der Waals surface area contributed by atoms with Crippen LogP contribution in [0.4, 0.5) is 14.9 Å². The average molecular weight is 417 g/mol. The maximum Gasteiger partial charge on any atom is 0.410 e. The van der Waals surface area contributed by atoms with E-state index in [9.17, 15) is 18.8 Å². The van der Waals surface area contributed by atoms with Gasteiger partial charge < -0.3 is 15.0 Å². The van der Waals surface area contributed by atoms with Crippen LogP contribution in [0.2, 0.25) is 0 Å². The molecular formula is C22H28FN3O4. The number of nitrogens with one attached hydrogen (secondary N) is 2. The van der Waals surface area contributed by atoms with Crippen molar-refractivity contribution in [3.05, 3.63) is 29.6 Å². The summed E-state index contributed by atoms with van der Waals surface area (Å²) in [7, 11) is 0. The third-order valence-corrected chi connectivity index (χ3v) is 6.20. The second-order valence-corrected chi connectivity index (χ2v) is 9.61. The zero-order chi connectivity index (χ0) is 21.7. The Morgan fingerprint density at radius 2 is 1.87 bits per heavy atom. The van der Waals surface area contributed by atoms with E-state index in [1.165, 1.54) is 6.07 Å². The second-order valence-electron chi connectivity index (χ2n) is 9.61. The van der Waals surface area contributed by atoms with E-state index in [1.54, 1.807) is 17.0 Å². The number of likely N-dealkylation sites (tertiary alicyclic amines) is 1. The number of anilines is 1. The normalized spacial score (nSPS) is 26.7. The number of imide groups is 1. The molecular weight excluding hydrogens is 389 g/mol. The van der Waals surface area contributed by atoms with Gasteiger partial charge in [-0.25, -0.2) is 9.18 Å². The van der Waals surface area contributed by atoms with Gasteiger partial charge in [0.2, 0.25) is 5.91 Å². The van der Waals surface area contributed by atoms with Gasteiger partial charge in [-0.3, -0.25) is 14.9 Å². The molecule has 3 heterocycles. The lowest BCUT2D eigenvalue weighted by Gasteiger charge is -2.50. The van der Waals surface area contributed by atoms with Gasteiger partial charge in [-0.05, 0) is 70.1 Å². The second kappa shape index (κ2) is 7.25. The summed E-state index contributed by atoms with van der Waals surface area (Å²) in [6, 6.07) is 4.95. The van der Waals surface area contributed by atoms with Crippen molar-refractivity contribution in [2.45, 2.75) is 63.5 Å². The summed E-state index contributed by atoms with van der Waals surface area (Å²) in [5, 5.41) is 5.50. The van der Waals surface area contributed by atoms with Crippen LogP contribution in [-0.4, -0.2) is 47.0 Å². The van der Waals surface area contributed by atoms with Crippen LogP contribution in [0.15, 0.2) is 18.2 Å². The van der Waals surface area contributed by atoms with Gasteiger partial charge in [-0.2, -0.15) is 0 Å². The van der Waals surface area contributed by atoms with Crippen LogP contribution in [0.1, 0.15) is 57.9 Å². The van der Waals surface area contributed by atoms with Gasteiger partial charge in [-0.1, -0.05) is 6.07 Å². The SMILES string of the molecule is CC(C)(C)OC(=O)N1CCC(c2ccc(NC34CC(C3)C(=O)NC4=O)cc2F)CC1. The van der Waals surface area contributed by atoms with E-state index >= 15 is 0 Å². The number of carbonyl (C=O) groups excluding carboxylic acids is 3. The van der Waals surface area contributed by atoms with Crippen LogP contribution in [0.3, 0.4) is 0 Å². The number of piperidine rings is 3. The topological polar surface area (TPSA) is 87.7 Å². The van der Waals surface area contributed by atoms with Gasteiger partial charge in [0, 0.05) is 24.7 Å². The third kappa shape index (κ3) is 3.87. The number of carbonyl (C=O) groups is 3. The number of ether oxygens (including phenoxy) is 1. The lowest BCUT2D eigenvalue weighted by Crippen LogP contribution is -2.69. The van der Waals surface area contributed by atoms with Gasteiger partial charge in [0.05, 0.1) is 0 Å². The number of amides is 3. The summed E-state index contributed by atoms with van der Waals surface area (Å²) in [6.45, 7) is 6.55. The summed E-state index contributed by atoms with van der Waals surface area (Å²) in [6.07, 6.45) is 1.90. The van der Waals surface area contributed by atoms with Crippen molar-refractivity contribution in [3.8, 4) is 0 Å². The average Bonchev–Trinajstić information content (AvgIpc) is 2.62. The van der Waals surface area contributed by atoms with Crippen LogP contribution in [0, 0.1) is 11.7 Å². The molecule has 4 aliphatic rings. The number of nitrogens with zero attached hydrogens (tertiary/aromatic N) is 1. The lowest BCUT2D eigenvalue weighted by atomic mass is 9.64. The molecule has 0 unspecified atom stereocenters. The van der Waals surface area contributed by atoms with Crippen LogP contribution < -0.4 is 10.6 Å². The highest BCUT2D eigenvalue weighted by atomic mass is 19.1. The van der Waals surface area contributed by atoms with Crippen molar-refractivity contribution in [2.24, 2.45) is 5.92 Å². The smallest absolute Gasteiger partial charge is 0.410 e. The standard InChI is InChI=1S/C22H28FN3O4/c1-21(2,3)30-20(29)26-8-6-13(7-9-26)16-5-4-15(10-17(16)23)25-22-11-14(12-22)18(27)24-19(22)28/h4-5,10,13-14,25H,6-9,11-12H2,1-3H3,(H,24,27,28).